The molecule has 0 unspecified atom stereocenters. The molecule has 2 heteroatoms. The third-order valence-electron chi connectivity index (χ3n) is 5.32. The molecule has 0 atom stereocenters. The Balaban J connectivity index is 1.84. The molecule has 4 saturated carbocycles. The molecule has 0 amide bonds. The lowest BCUT2D eigenvalue weighted by Gasteiger charge is -2.60. The molecule has 0 N–H and O–H groups in total. The quantitative estimate of drug-likeness (QED) is 0.681. The number of nitriles is 1. The van der Waals surface area contributed by atoms with Crippen LogP contribution in [0.2, 0.25) is 0 Å². The van der Waals surface area contributed by atoms with Gasteiger partial charge in [-0.3, -0.25) is 4.90 Å². The zero-order valence-electron chi connectivity index (χ0n) is 10.3. The molecule has 4 bridgehead atoms. The molecule has 4 aliphatic rings. The van der Waals surface area contributed by atoms with Crippen LogP contribution in [0.5, 0.6) is 0 Å². The Kier molecular flexibility index (Phi) is 2.47. The lowest BCUT2D eigenvalue weighted by molar-refractivity contribution is -0.0823. The van der Waals surface area contributed by atoms with Crippen molar-refractivity contribution in [3.05, 3.63) is 0 Å². The molecule has 88 valence electrons. The van der Waals surface area contributed by atoms with Crippen molar-refractivity contribution in [2.45, 2.75) is 51.0 Å². The average Bonchev–Trinajstić information content (AvgIpc) is 2.23. The van der Waals surface area contributed by atoms with Gasteiger partial charge in [0.1, 0.15) is 0 Å². The largest absolute Gasteiger partial charge is 0.285 e. The molecule has 16 heavy (non-hydrogen) atoms. The predicted molar refractivity (Wildman–Crippen MR) is 63.8 cm³/mol. The van der Waals surface area contributed by atoms with Crippen molar-refractivity contribution in [1.29, 1.82) is 5.26 Å². The van der Waals surface area contributed by atoms with Gasteiger partial charge in [0.25, 0.3) is 0 Å². The molecular weight excluding hydrogens is 196 g/mol. The van der Waals surface area contributed by atoms with Crippen molar-refractivity contribution < 1.29 is 0 Å². The van der Waals surface area contributed by atoms with Gasteiger partial charge in [-0.1, -0.05) is 6.92 Å². The minimum absolute atomic E-state index is 0.430. The Morgan fingerprint density at radius 3 is 2.00 bits per heavy atom. The van der Waals surface area contributed by atoms with Gasteiger partial charge in [-0.15, -0.1) is 0 Å². The summed E-state index contributed by atoms with van der Waals surface area (Å²) in [5.74, 6) is 2.96. The van der Waals surface area contributed by atoms with Crippen LogP contribution >= 0.6 is 0 Å². The third-order valence-corrected chi connectivity index (χ3v) is 5.32. The molecule has 0 aromatic carbocycles. The SMILES string of the molecule is CCN(CC#N)C12CC3CC(CC(C3)C1)C2. The molecule has 0 aromatic heterocycles. The maximum Gasteiger partial charge on any atom is 0.0870 e. The summed E-state index contributed by atoms with van der Waals surface area (Å²) in [5, 5.41) is 8.98. The van der Waals surface area contributed by atoms with Gasteiger partial charge >= 0.3 is 0 Å². The van der Waals surface area contributed by atoms with Gasteiger partial charge in [-0.25, -0.2) is 0 Å². The van der Waals surface area contributed by atoms with Gasteiger partial charge < -0.3 is 0 Å². The van der Waals surface area contributed by atoms with E-state index < -0.39 is 0 Å². The van der Waals surface area contributed by atoms with Crippen molar-refractivity contribution in [2.75, 3.05) is 13.1 Å². The lowest BCUT2D eigenvalue weighted by Crippen LogP contribution is -2.60. The van der Waals surface area contributed by atoms with E-state index in [1.54, 1.807) is 0 Å². The van der Waals surface area contributed by atoms with Crippen molar-refractivity contribution in [3.63, 3.8) is 0 Å². The number of rotatable bonds is 3. The highest BCUT2D eigenvalue weighted by atomic mass is 15.2. The maximum atomic E-state index is 8.98. The van der Waals surface area contributed by atoms with Crippen LogP contribution in [0.4, 0.5) is 0 Å². The zero-order chi connectivity index (χ0) is 11.2. The maximum absolute atomic E-state index is 8.98. The summed E-state index contributed by atoms with van der Waals surface area (Å²) in [6, 6.07) is 2.37. The summed E-state index contributed by atoms with van der Waals surface area (Å²) in [6.45, 7) is 3.91. The fourth-order valence-corrected chi connectivity index (χ4v) is 5.15. The fourth-order valence-electron chi connectivity index (χ4n) is 5.15. The summed E-state index contributed by atoms with van der Waals surface area (Å²) >= 11 is 0. The standard InChI is InChI=1S/C14H22N2/c1-2-16(4-3-15)14-8-11-5-12(9-14)7-13(6-11)10-14/h11-13H,2,4-10H2,1H3. The van der Waals surface area contributed by atoms with Gasteiger partial charge in [-0.2, -0.15) is 5.26 Å². The minimum Gasteiger partial charge on any atom is -0.285 e. The molecule has 2 nitrogen and oxygen atoms in total. The van der Waals surface area contributed by atoms with E-state index in [1.807, 2.05) is 0 Å². The van der Waals surface area contributed by atoms with Crippen LogP contribution in [0, 0.1) is 29.1 Å². The van der Waals surface area contributed by atoms with Crippen molar-refractivity contribution in [2.24, 2.45) is 17.8 Å². The predicted octanol–water partition coefficient (Wildman–Crippen LogP) is 2.80. The molecular formula is C14H22N2. The Hall–Kier alpha value is -0.550. The average molecular weight is 218 g/mol. The second-order valence-corrected chi connectivity index (χ2v) is 6.31. The number of nitrogens with zero attached hydrogens (tertiary/aromatic N) is 2. The van der Waals surface area contributed by atoms with E-state index in [9.17, 15) is 0 Å². The van der Waals surface area contributed by atoms with Crippen LogP contribution in [0.3, 0.4) is 0 Å². The second kappa shape index (κ2) is 3.74. The monoisotopic (exact) mass is 218 g/mol. The Bertz CT molecular complexity index is 280. The van der Waals surface area contributed by atoms with E-state index in [2.05, 4.69) is 17.9 Å². The van der Waals surface area contributed by atoms with Crippen LogP contribution in [0.25, 0.3) is 0 Å². The summed E-state index contributed by atoms with van der Waals surface area (Å²) in [7, 11) is 0. The minimum atomic E-state index is 0.430. The van der Waals surface area contributed by atoms with Crippen LogP contribution in [-0.4, -0.2) is 23.5 Å². The molecule has 0 radical (unpaired) electrons. The molecule has 0 saturated heterocycles. The first kappa shape index (κ1) is 10.6. The van der Waals surface area contributed by atoms with E-state index in [0.717, 1.165) is 24.3 Å². The second-order valence-electron chi connectivity index (χ2n) is 6.31. The third kappa shape index (κ3) is 1.49. The molecule has 0 aromatic rings. The van der Waals surface area contributed by atoms with E-state index in [0.29, 0.717) is 12.1 Å². The molecule has 0 aliphatic heterocycles. The first-order valence-corrected chi connectivity index (χ1v) is 6.88. The summed E-state index contributed by atoms with van der Waals surface area (Å²) in [5.41, 5.74) is 0.430. The number of hydrogen-bond donors (Lipinski definition) is 0. The van der Waals surface area contributed by atoms with Crippen LogP contribution in [-0.2, 0) is 0 Å². The van der Waals surface area contributed by atoms with Crippen LogP contribution in [0.1, 0.15) is 45.4 Å². The normalized spacial score (nSPS) is 44.9. The molecule has 0 spiro atoms. The highest BCUT2D eigenvalue weighted by Gasteiger charge is 2.52. The van der Waals surface area contributed by atoms with Gasteiger partial charge in [0, 0.05) is 5.54 Å². The highest BCUT2D eigenvalue weighted by Crippen LogP contribution is 2.57. The molecule has 4 rings (SSSR count). The Labute approximate surface area is 98.6 Å². The lowest BCUT2D eigenvalue weighted by atomic mass is 9.52. The van der Waals surface area contributed by atoms with E-state index in [-0.39, 0.29) is 0 Å². The molecule has 4 fully saturated rings. The molecule has 4 aliphatic carbocycles. The first-order chi connectivity index (χ1) is 7.75. The van der Waals surface area contributed by atoms with Crippen molar-refractivity contribution >= 4 is 0 Å². The van der Waals surface area contributed by atoms with Crippen LogP contribution in [0.15, 0.2) is 0 Å². The smallest absolute Gasteiger partial charge is 0.0870 e. The van der Waals surface area contributed by atoms with Crippen molar-refractivity contribution in [1.82, 2.24) is 4.90 Å². The summed E-state index contributed by atoms with van der Waals surface area (Å²) in [6.07, 6.45) is 8.62. The van der Waals surface area contributed by atoms with E-state index in [1.165, 1.54) is 38.5 Å². The van der Waals surface area contributed by atoms with Gasteiger partial charge in [0.15, 0.2) is 0 Å². The molecule has 0 heterocycles. The topological polar surface area (TPSA) is 27.0 Å². The van der Waals surface area contributed by atoms with Crippen molar-refractivity contribution in [3.8, 4) is 6.07 Å². The van der Waals surface area contributed by atoms with Crippen LogP contribution < -0.4 is 0 Å². The fraction of sp³-hybridized carbons (Fsp3) is 0.929. The number of hydrogen-bond acceptors (Lipinski definition) is 2. The summed E-state index contributed by atoms with van der Waals surface area (Å²) < 4.78 is 0. The highest BCUT2D eigenvalue weighted by molar-refractivity contribution is 5.08. The van der Waals surface area contributed by atoms with Gasteiger partial charge in [0.05, 0.1) is 12.6 Å². The Morgan fingerprint density at radius 1 is 1.12 bits per heavy atom. The summed E-state index contributed by atoms with van der Waals surface area (Å²) in [4.78, 5) is 2.48. The van der Waals surface area contributed by atoms with E-state index in [4.69, 9.17) is 5.26 Å². The zero-order valence-corrected chi connectivity index (χ0v) is 10.3. The first-order valence-electron chi connectivity index (χ1n) is 6.88. The van der Waals surface area contributed by atoms with Gasteiger partial charge in [-0.05, 0) is 62.8 Å². The van der Waals surface area contributed by atoms with E-state index >= 15 is 0 Å². The Morgan fingerprint density at radius 2 is 1.62 bits per heavy atom. The van der Waals surface area contributed by atoms with Gasteiger partial charge in [0.2, 0.25) is 0 Å².